The highest BCUT2D eigenvalue weighted by atomic mass is 35.5. The van der Waals surface area contributed by atoms with Crippen LogP contribution in [0.25, 0.3) is 0 Å². The molecule has 0 aromatic rings. The zero-order valence-corrected chi connectivity index (χ0v) is 19.1. The van der Waals surface area contributed by atoms with Crippen LogP contribution in [0.2, 0.25) is 0 Å². The second-order valence-corrected chi connectivity index (χ2v) is 7.61. The van der Waals surface area contributed by atoms with Gasteiger partial charge in [-0.15, -0.1) is 11.6 Å². The number of rotatable bonds is 18. The second-order valence-electron chi connectivity index (χ2n) is 7.23. The van der Waals surface area contributed by atoms with Crippen LogP contribution in [0.3, 0.4) is 0 Å². The number of hydrogen-bond donors (Lipinski definition) is 6. The van der Waals surface area contributed by atoms with E-state index < -0.39 is 24.5 Å². The van der Waals surface area contributed by atoms with Crippen LogP contribution in [0.5, 0.6) is 0 Å². The lowest BCUT2D eigenvalue weighted by atomic mass is 10.2. The fourth-order valence-corrected chi connectivity index (χ4v) is 2.97. The van der Waals surface area contributed by atoms with Gasteiger partial charge in [0.1, 0.15) is 24.8 Å². The summed E-state index contributed by atoms with van der Waals surface area (Å²) in [5.74, 6) is 0.431. The number of carbonyl (C=O) groups is 1. The quantitative estimate of drug-likeness (QED) is 0.0704. The number of alkyl carbamates (subject to hydrolysis) is 1. The van der Waals surface area contributed by atoms with Crippen LogP contribution in [0.15, 0.2) is 11.8 Å². The summed E-state index contributed by atoms with van der Waals surface area (Å²) in [7, 11) is 0. The normalized spacial score (nSPS) is 20.8. The van der Waals surface area contributed by atoms with Crippen LogP contribution in [0.4, 0.5) is 4.79 Å². The van der Waals surface area contributed by atoms with E-state index in [4.69, 9.17) is 46.8 Å². The van der Waals surface area contributed by atoms with Gasteiger partial charge in [0.05, 0.1) is 32.5 Å². The topological polar surface area (TPSA) is 168 Å². The fourth-order valence-electron chi connectivity index (χ4n) is 2.78. The number of aliphatic hydroxyl groups is 2. The molecule has 7 N–H and O–H groups in total. The van der Waals surface area contributed by atoms with Crippen LogP contribution in [-0.4, -0.2) is 92.6 Å². The van der Waals surface area contributed by atoms with Crippen molar-refractivity contribution in [2.24, 2.45) is 5.73 Å². The Labute approximate surface area is 194 Å². The number of nitrogens with one attached hydrogen (secondary N) is 3. The van der Waals surface area contributed by atoms with Gasteiger partial charge in [-0.1, -0.05) is 12.8 Å². The maximum Gasteiger partial charge on any atom is 0.407 e. The third-order valence-electron chi connectivity index (χ3n) is 4.61. The van der Waals surface area contributed by atoms with Gasteiger partial charge in [-0.3, -0.25) is 5.41 Å². The second kappa shape index (κ2) is 17.9. The van der Waals surface area contributed by atoms with E-state index >= 15 is 0 Å². The van der Waals surface area contributed by atoms with Crippen LogP contribution in [0, 0.1) is 5.41 Å². The van der Waals surface area contributed by atoms with Crippen molar-refractivity contribution in [2.45, 2.75) is 50.5 Å². The van der Waals surface area contributed by atoms with Gasteiger partial charge in [0.25, 0.3) is 0 Å². The number of ether oxygens (including phenoxy) is 4. The van der Waals surface area contributed by atoms with Gasteiger partial charge in [-0.2, -0.15) is 0 Å². The molecule has 0 bridgehead atoms. The molecule has 1 rings (SSSR count). The van der Waals surface area contributed by atoms with Crippen LogP contribution in [-0.2, 0) is 18.9 Å². The van der Waals surface area contributed by atoms with Crippen molar-refractivity contribution in [3.05, 3.63) is 11.8 Å². The summed E-state index contributed by atoms with van der Waals surface area (Å²) in [6.07, 6.45) is 3.29. The van der Waals surface area contributed by atoms with E-state index in [9.17, 15) is 9.90 Å². The van der Waals surface area contributed by atoms with E-state index in [0.717, 1.165) is 25.7 Å². The summed E-state index contributed by atoms with van der Waals surface area (Å²) < 4.78 is 21.3. The zero-order valence-electron chi connectivity index (χ0n) is 18.4. The lowest BCUT2D eigenvalue weighted by Gasteiger charge is -2.14. The molecule has 1 aliphatic heterocycles. The zero-order chi connectivity index (χ0) is 23.6. The molecule has 3 atom stereocenters. The first-order chi connectivity index (χ1) is 15.5. The molecule has 1 fully saturated rings. The molecular formula is C20H37ClN4O7. The largest absolute Gasteiger partial charge is 0.444 e. The lowest BCUT2D eigenvalue weighted by Crippen LogP contribution is -2.31. The van der Waals surface area contributed by atoms with E-state index in [0.29, 0.717) is 32.3 Å². The Morgan fingerprint density at radius 2 is 1.91 bits per heavy atom. The van der Waals surface area contributed by atoms with Crippen molar-refractivity contribution >= 4 is 23.5 Å². The number of aliphatic hydroxyl groups excluding tert-OH is 2. The number of amidine groups is 1. The summed E-state index contributed by atoms with van der Waals surface area (Å²) in [5, 5.41) is 31.8. The molecule has 0 saturated carbocycles. The van der Waals surface area contributed by atoms with Gasteiger partial charge in [-0.05, 0) is 12.8 Å². The molecule has 0 aromatic carbocycles. The Morgan fingerprint density at radius 1 is 1.19 bits per heavy atom. The Balaban J connectivity index is 2.08. The molecule has 1 aliphatic rings. The van der Waals surface area contributed by atoms with Crippen LogP contribution < -0.4 is 16.4 Å². The van der Waals surface area contributed by atoms with E-state index in [1.807, 2.05) is 0 Å². The summed E-state index contributed by atoms with van der Waals surface area (Å²) in [4.78, 5) is 11.8. The molecule has 0 aromatic heterocycles. The predicted molar refractivity (Wildman–Crippen MR) is 120 cm³/mol. The van der Waals surface area contributed by atoms with E-state index in [-0.39, 0.29) is 37.6 Å². The van der Waals surface area contributed by atoms with E-state index in [1.54, 1.807) is 0 Å². The smallest absolute Gasteiger partial charge is 0.407 e. The minimum absolute atomic E-state index is 0.216. The third-order valence-corrected chi connectivity index (χ3v) is 4.88. The van der Waals surface area contributed by atoms with Crippen molar-refractivity contribution in [1.29, 1.82) is 5.41 Å². The van der Waals surface area contributed by atoms with Gasteiger partial charge in [0.15, 0.2) is 0 Å². The summed E-state index contributed by atoms with van der Waals surface area (Å²) >= 11 is 5.62. The first kappa shape index (κ1) is 28.4. The maximum atomic E-state index is 11.8. The number of amides is 1. The molecule has 1 heterocycles. The highest BCUT2D eigenvalue weighted by Gasteiger charge is 2.32. The van der Waals surface area contributed by atoms with Gasteiger partial charge in [0.2, 0.25) is 0 Å². The third kappa shape index (κ3) is 13.0. The summed E-state index contributed by atoms with van der Waals surface area (Å²) in [5.41, 5.74) is 5.74. The number of carbonyl (C=O) groups excluding carboxylic acids is 1. The van der Waals surface area contributed by atoms with Gasteiger partial charge in [-0.25, -0.2) is 4.79 Å². The fraction of sp³-hybridized carbons (Fsp3) is 0.800. The van der Waals surface area contributed by atoms with Crippen molar-refractivity contribution in [3.63, 3.8) is 0 Å². The first-order valence-electron chi connectivity index (χ1n) is 10.8. The summed E-state index contributed by atoms with van der Waals surface area (Å²) in [6.45, 7) is 1.72. The maximum absolute atomic E-state index is 11.8. The predicted octanol–water partition coefficient (Wildman–Crippen LogP) is 0.423. The van der Waals surface area contributed by atoms with E-state index in [1.165, 1.54) is 6.20 Å². The van der Waals surface area contributed by atoms with Crippen molar-refractivity contribution in [1.82, 2.24) is 10.6 Å². The van der Waals surface area contributed by atoms with Crippen molar-refractivity contribution in [2.75, 3.05) is 52.1 Å². The molecule has 0 spiro atoms. The Hall–Kier alpha value is -1.63. The summed E-state index contributed by atoms with van der Waals surface area (Å²) in [6, 6.07) is 0. The first-order valence-corrected chi connectivity index (χ1v) is 11.4. The Bertz CT molecular complexity index is 568. The molecule has 12 heteroatoms. The van der Waals surface area contributed by atoms with Crippen LogP contribution >= 0.6 is 11.6 Å². The molecule has 32 heavy (non-hydrogen) atoms. The number of nitrogens with two attached hydrogens (primary N) is 1. The molecule has 1 saturated heterocycles. The molecule has 0 radical (unpaired) electrons. The van der Waals surface area contributed by atoms with E-state index in [2.05, 4.69) is 10.6 Å². The molecular weight excluding hydrogens is 444 g/mol. The highest BCUT2D eigenvalue weighted by Crippen LogP contribution is 2.18. The average molecular weight is 481 g/mol. The monoisotopic (exact) mass is 480 g/mol. The van der Waals surface area contributed by atoms with Crippen molar-refractivity contribution in [3.8, 4) is 0 Å². The van der Waals surface area contributed by atoms with Gasteiger partial charge in [0, 0.05) is 37.2 Å². The Morgan fingerprint density at radius 3 is 2.56 bits per heavy atom. The van der Waals surface area contributed by atoms with Crippen molar-refractivity contribution < 1.29 is 34.0 Å². The SMILES string of the molecule is N=C(N)/C(=C\N[C@H]1CC(O)[C@@H](CO)O1)COC(=O)NCCOCCOCCCCCCCl. The van der Waals surface area contributed by atoms with Gasteiger partial charge >= 0.3 is 6.09 Å². The van der Waals surface area contributed by atoms with Gasteiger partial charge < -0.3 is 45.5 Å². The molecule has 0 aliphatic carbocycles. The minimum atomic E-state index is -0.784. The number of hydrogen-bond acceptors (Lipinski definition) is 9. The number of alkyl halides is 1. The lowest BCUT2D eigenvalue weighted by molar-refractivity contribution is -0.0271. The molecule has 186 valence electrons. The minimum Gasteiger partial charge on any atom is -0.444 e. The number of unbranched alkanes of at least 4 members (excludes halogenated alkanes) is 3. The average Bonchev–Trinajstić information content (AvgIpc) is 3.13. The molecule has 1 unspecified atom stereocenters. The van der Waals surface area contributed by atoms with Crippen LogP contribution in [0.1, 0.15) is 32.1 Å². The Kier molecular flexibility index (Phi) is 15.9. The standard InChI is InChI=1S/C20H37ClN4O7/c21-5-3-1-2-4-7-29-9-10-30-8-6-24-20(28)31-14-15(19(22)23)12-25-18-11-16(27)17(13-26)32-18/h12,16-18,25-27H,1-11,13-14H2,(H3,22,23)(H,24,28)/b15-12-/t16?,17-,18-/m1/s1. The molecule has 1 amide bonds. The highest BCUT2D eigenvalue weighted by molar-refractivity contribution is 6.17. The molecule has 11 nitrogen and oxygen atoms in total. The number of halogens is 1.